The Morgan fingerprint density at radius 1 is 1.19 bits per heavy atom. The molecule has 106 valence electrons. The summed E-state index contributed by atoms with van der Waals surface area (Å²) in [6, 6.07) is 11.6. The van der Waals surface area contributed by atoms with Crippen molar-refractivity contribution < 1.29 is 0 Å². The maximum atomic E-state index is 6.00. The lowest BCUT2D eigenvalue weighted by molar-refractivity contribution is 0.846. The Balaban J connectivity index is 1.81. The van der Waals surface area contributed by atoms with E-state index in [1.807, 2.05) is 42.6 Å². The van der Waals surface area contributed by atoms with Gasteiger partial charge in [-0.15, -0.1) is 0 Å². The number of hydrogen-bond acceptors (Lipinski definition) is 3. The molecule has 0 radical (unpaired) electrons. The maximum absolute atomic E-state index is 6.00. The second kappa shape index (κ2) is 6.28. The molecule has 2 heterocycles. The predicted octanol–water partition coefficient (Wildman–Crippen LogP) is 4.30. The first-order valence-electron chi connectivity index (χ1n) is 6.37. The summed E-state index contributed by atoms with van der Waals surface area (Å²) in [5.41, 5.74) is 2.05. The van der Waals surface area contributed by atoms with Gasteiger partial charge in [0, 0.05) is 29.6 Å². The van der Waals surface area contributed by atoms with E-state index in [1.165, 1.54) is 0 Å². The number of anilines is 1. The van der Waals surface area contributed by atoms with Gasteiger partial charge in [0.1, 0.15) is 0 Å². The molecule has 0 aliphatic rings. The maximum Gasteiger partial charge on any atom is 0.176 e. The quantitative estimate of drug-likeness (QED) is 0.751. The van der Waals surface area contributed by atoms with Crippen LogP contribution in [0.25, 0.3) is 5.82 Å². The van der Waals surface area contributed by atoms with Crippen LogP contribution in [0.5, 0.6) is 0 Å². The minimum atomic E-state index is 0.676. The minimum absolute atomic E-state index is 0.676. The monoisotopic (exact) mass is 362 g/mol. The second-order valence-electron chi connectivity index (χ2n) is 4.43. The molecule has 0 amide bonds. The molecule has 6 heteroatoms. The Morgan fingerprint density at radius 3 is 2.86 bits per heavy atom. The highest BCUT2D eigenvalue weighted by Crippen LogP contribution is 2.24. The van der Waals surface area contributed by atoms with Crippen LogP contribution >= 0.6 is 27.5 Å². The van der Waals surface area contributed by atoms with Gasteiger partial charge in [-0.3, -0.25) is 0 Å². The lowest BCUT2D eigenvalue weighted by Crippen LogP contribution is -2.06. The molecule has 1 aromatic carbocycles. The first kappa shape index (κ1) is 14.1. The molecule has 0 aliphatic heterocycles. The number of benzene rings is 1. The Kier molecular flexibility index (Phi) is 4.22. The molecule has 1 N–H and O–H groups in total. The average Bonchev–Trinajstić information content (AvgIpc) is 3.03. The second-order valence-corrected chi connectivity index (χ2v) is 5.69. The van der Waals surface area contributed by atoms with Gasteiger partial charge in [0.15, 0.2) is 5.82 Å². The average molecular weight is 364 g/mol. The molecule has 0 unspecified atom stereocenters. The van der Waals surface area contributed by atoms with Crippen LogP contribution < -0.4 is 5.32 Å². The zero-order valence-electron chi connectivity index (χ0n) is 11.0. The zero-order valence-corrected chi connectivity index (χ0v) is 13.3. The number of halogens is 2. The van der Waals surface area contributed by atoms with Gasteiger partial charge < -0.3 is 5.32 Å². The van der Waals surface area contributed by atoms with E-state index in [0.717, 1.165) is 21.5 Å². The Morgan fingerprint density at radius 2 is 2.10 bits per heavy atom. The molecule has 4 nitrogen and oxygen atoms in total. The third-order valence-corrected chi connectivity index (χ3v) is 4.19. The van der Waals surface area contributed by atoms with E-state index in [4.69, 9.17) is 11.6 Å². The van der Waals surface area contributed by atoms with Crippen LogP contribution in [0, 0.1) is 0 Å². The Hall–Kier alpha value is -1.85. The van der Waals surface area contributed by atoms with Crippen LogP contribution in [0.1, 0.15) is 5.56 Å². The van der Waals surface area contributed by atoms with Gasteiger partial charge in [-0.1, -0.05) is 17.7 Å². The highest BCUT2D eigenvalue weighted by Gasteiger charge is 2.06. The van der Waals surface area contributed by atoms with Gasteiger partial charge >= 0.3 is 0 Å². The fourth-order valence-electron chi connectivity index (χ4n) is 1.96. The summed E-state index contributed by atoms with van der Waals surface area (Å²) in [7, 11) is 0. The third-order valence-electron chi connectivity index (χ3n) is 2.98. The lowest BCUT2D eigenvalue weighted by atomic mass is 10.2. The molecule has 3 aromatic rings. The first-order chi connectivity index (χ1) is 10.2. The van der Waals surface area contributed by atoms with Crippen molar-refractivity contribution in [2.24, 2.45) is 0 Å². The summed E-state index contributed by atoms with van der Waals surface area (Å²) < 4.78 is 2.63. The molecule has 0 fully saturated rings. The van der Waals surface area contributed by atoms with Gasteiger partial charge in [-0.2, -0.15) is 5.10 Å². The van der Waals surface area contributed by atoms with Crippen molar-refractivity contribution in [1.82, 2.24) is 14.8 Å². The van der Waals surface area contributed by atoms with Crippen LogP contribution in [-0.2, 0) is 6.54 Å². The van der Waals surface area contributed by atoms with Crippen molar-refractivity contribution in [3.05, 3.63) is 70.0 Å². The van der Waals surface area contributed by atoms with E-state index >= 15 is 0 Å². The molecule has 0 atom stereocenters. The van der Waals surface area contributed by atoms with E-state index in [9.17, 15) is 0 Å². The van der Waals surface area contributed by atoms with Crippen LogP contribution in [0.2, 0.25) is 5.02 Å². The number of aromatic nitrogens is 3. The Bertz CT molecular complexity index is 743. The molecule has 0 aliphatic carbocycles. The van der Waals surface area contributed by atoms with Crippen molar-refractivity contribution in [3.63, 3.8) is 0 Å². The topological polar surface area (TPSA) is 42.7 Å². The van der Waals surface area contributed by atoms with E-state index < -0.39 is 0 Å². The summed E-state index contributed by atoms with van der Waals surface area (Å²) in [5, 5.41) is 8.30. The van der Waals surface area contributed by atoms with E-state index in [-0.39, 0.29) is 0 Å². The summed E-state index contributed by atoms with van der Waals surface area (Å²) in [6.07, 6.45) is 5.35. The van der Waals surface area contributed by atoms with Crippen molar-refractivity contribution in [3.8, 4) is 5.82 Å². The van der Waals surface area contributed by atoms with Crippen molar-refractivity contribution in [2.75, 3.05) is 5.32 Å². The molecular weight excluding hydrogens is 352 g/mol. The Labute approximate surface area is 135 Å². The molecule has 3 rings (SSSR count). The number of hydrogen-bond donors (Lipinski definition) is 1. The van der Waals surface area contributed by atoms with Crippen molar-refractivity contribution in [1.29, 1.82) is 0 Å². The SMILES string of the molecule is Clc1ccc(CNc2cccnc2-n2cccn2)cc1Br. The van der Waals surface area contributed by atoms with Crippen molar-refractivity contribution >= 4 is 33.2 Å². The van der Waals surface area contributed by atoms with Crippen molar-refractivity contribution in [2.45, 2.75) is 6.54 Å². The van der Waals surface area contributed by atoms with E-state index in [2.05, 4.69) is 31.3 Å². The first-order valence-corrected chi connectivity index (χ1v) is 7.54. The van der Waals surface area contributed by atoms with Gasteiger partial charge in [0.2, 0.25) is 0 Å². The lowest BCUT2D eigenvalue weighted by Gasteiger charge is -2.11. The fraction of sp³-hybridized carbons (Fsp3) is 0.0667. The summed E-state index contributed by atoms with van der Waals surface area (Å²) in [6.45, 7) is 0.676. The van der Waals surface area contributed by atoms with Gasteiger partial charge in [-0.25, -0.2) is 9.67 Å². The number of rotatable bonds is 4. The molecule has 0 spiro atoms. The predicted molar refractivity (Wildman–Crippen MR) is 87.8 cm³/mol. The highest BCUT2D eigenvalue weighted by atomic mass is 79.9. The highest BCUT2D eigenvalue weighted by molar-refractivity contribution is 9.10. The van der Waals surface area contributed by atoms with Gasteiger partial charge in [0.25, 0.3) is 0 Å². The minimum Gasteiger partial charge on any atom is -0.378 e. The number of pyridine rings is 1. The number of nitrogens with one attached hydrogen (secondary N) is 1. The van der Waals surface area contributed by atoms with E-state index in [0.29, 0.717) is 11.6 Å². The molecule has 21 heavy (non-hydrogen) atoms. The van der Waals surface area contributed by atoms with Gasteiger partial charge in [0.05, 0.1) is 10.7 Å². The van der Waals surface area contributed by atoms with Crippen LogP contribution in [0.3, 0.4) is 0 Å². The van der Waals surface area contributed by atoms with Crippen LogP contribution in [0.4, 0.5) is 5.69 Å². The molecule has 0 saturated heterocycles. The normalized spacial score (nSPS) is 10.6. The van der Waals surface area contributed by atoms with E-state index in [1.54, 1.807) is 17.1 Å². The van der Waals surface area contributed by atoms with Crippen LogP contribution in [-0.4, -0.2) is 14.8 Å². The summed E-state index contributed by atoms with van der Waals surface area (Å²) in [5.74, 6) is 0.774. The smallest absolute Gasteiger partial charge is 0.176 e. The third kappa shape index (κ3) is 3.25. The zero-order chi connectivity index (χ0) is 14.7. The molecular formula is C15H12BrClN4. The number of nitrogens with zero attached hydrogens (tertiary/aromatic N) is 3. The molecule has 0 bridgehead atoms. The van der Waals surface area contributed by atoms with Gasteiger partial charge in [-0.05, 0) is 51.8 Å². The summed E-state index contributed by atoms with van der Waals surface area (Å²) >= 11 is 9.43. The largest absolute Gasteiger partial charge is 0.378 e. The van der Waals surface area contributed by atoms with Crippen LogP contribution in [0.15, 0.2) is 59.5 Å². The fourth-order valence-corrected chi connectivity index (χ4v) is 2.50. The molecule has 0 saturated carbocycles. The standard InChI is InChI=1S/C15H12BrClN4/c16-12-9-11(4-5-13(12)17)10-19-14-3-1-6-18-15(14)21-8-2-7-20-21/h1-9,19H,10H2. The summed E-state index contributed by atoms with van der Waals surface area (Å²) in [4.78, 5) is 4.37. The molecule has 2 aromatic heterocycles.